The van der Waals surface area contributed by atoms with Gasteiger partial charge in [0.2, 0.25) is 11.8 Å². The van der Waals surface area contributed by atoms with Crippen LogP contribution in [-0.4, -0.2) is 22.0 Å². The Morgan fingerprint density at radius 1 is 1.15 bits per heavy atom. The third kappa shape index (κ3) is 4.73. The third-order valence-corrected chi connectivity index (χ3v) is 4.66. The number of hydrogen-bond donors (Lipinski definition) is 2. The lowest BCUT2D eigenvalue weighted by atomic mass is 10.2. The summed E-state index contributed by atoms with van der Waals surface area (Å²) in [6.07, 6.45) is 1.53. The van der Waals surface area contributed by atoms with Crippen molar-refractivity contribution < 1.29 is 18.4 Å². The minimum Gasteiger partial charge on any atom is -0.431 e. The second-order valence-corrected chi connectivity index (χ2v) is 6.98. The Bertz CT molecular complexity index is 955. The smallest absolute Gasteiger partial charge is 0.256 e. The maximum atomic E-state index is 13.0. The summed E-state index contributed by atoms with van der Waals surface area (Å²) in [4.78, 5) is 27.5. The fraction of sp³-hybridized carbons (Fsp3) is 0.105. The zero-order chi connectivity index (χ0) is 19.4. The van der Waals surface area contributed by atoms with Crippen LogP contribution in [0.25, 0.3) is 11.3 Å². The van der Waals surface area contributed by atoms with Crippen LogP contribution in [-0.2, 0) is 4.79 Å². The summed E-state index contributed by atoms with van der Waals surface area (Å²) in [6.45, 7) is 1.72. The minimum atomic E-state index is -0.530. The molecule has 3 N–H and O–H groups in total. The molecule has 27 heavy (non-hydrogen) atoms. The van der Waals surface area contributed by atoms with Crippen molar-refractivity contribution in [2.24, 2.45) is 5.73 Å². The molecule has 0 radical (unpaired) electrons. The van der Waals surface area contributed by atoms with Gasteiger partial charge in [-0.25, -0.2) is 9.37 Å². The van der Waals surface area contributed by atoms with Gasteiger partial charge < -0.3 is 15.5 Å². The monoisotopic (exact) mass is 385 g/mol. The Hall–Kier alpha value is -3.13. The molecule has 138 valence electrons. The van der Waals surface area contributed by atoms with Crippen LogP contribution in [0.15, 0.2) is 64.4 Å². The molecule has 0 spiro atoms. The Morgan fingerprint density at radius 2 is 1.81 bits per heavy atom. The van der Waals surface area contributed by atoms with Gasteiger partial charge in [-0.2, -0.15) is 0 Å². The average Bonchev–Trinajstić information content (AvgIpc) is 3.11. The van der Waals surface area contributed by atoms with E-state index in [1.54, 1.807) is 43.3 Å². The van der Waals surface area contributed by atoms with Crippen molar-refractivity contribution in [2.75, 3.05) is 5.32 Å². The first kappa shape index (κ1) is 18.7. The second-order valence-electron chi connectivity index (χ2n) is 5.69. The van der Waals surface area contributed by atoms with Gasteiger partial charge in [-0.1, -0.05) is 11.8 Å². The predicted octanol–water partition coefficient (Wildman–Crippen LogP) is 3.70. The quantitative estimate of drug-likeness (QED) is 0.631. The van der Waals surface area contributed by atoms with Crippen molar-refractivity contribution >= 4 is 29.3 Å². The molecule has 0 aliphatic carbocycles. The fourth-order valence-electron chi connectivity index (χ4n) is 2.23. The molecule has 1 aromatic heterocycles. The van der Waals surface area contributed by atoms with Crippen molar-refractivity contribution in [3.63, 3.8) is 0 Å². The SMILES string of the molecule is CC(Sc1ncc(-c2ccc(F)cc2)o1)C(=O)Nc1ccc(C(N)=O)cc1. The van der Waals surface area contributed by atoms with Gasteiger partial charge in [0.15, 0.2) is 5.76 Å². The van der Waals surface area contributed by atoms with Gasteiger partial charge in [-0.15, -0.1) is 0 Å². The summed E-state index contributed by atoms with van der Waals surface area (Å²) in [5.74, 6) is -0.611. The van der Waals surface area contributed by atoms with Crippen molar-refractivity contribution in [3.05, 3.63) is 66.1 Å². The molecule has 0 saturated carbocycles. The third-order valence-electron chi connectivity index (χ3n) is 3.70. The summed E-state index contributed by atoms with van der Waals surface area (Å²) in [5.41, 5.74) is 6.80. The maximum absolute atomic E-state index is 13.0. The summed E-state index contributed by atoms with van der Waals surface area (Å²) >= 11 is 1.16. The number of oxazole rings is 1. The summed E-state index contributed by atoms with van der Waals surface area (Å²) < 4.78 is 18.6. The Morgan fingerprint density at radius 3 is 2.44 bits per heavy atom. The normalized spacial score (nSPS) is 11.8. The number of anilines is 1. The number of nitrogens with two attached hydrogens (primary N) is 1. The van der Waals surface area contributed by atoms with Gasteiger partial charge in [0.1, 0.15) is 5.82 Å². The molecule has 8 heteroatoms. The number of halogens is 1. The predicted molar refractivity (Wildman–Crippen MR) is 101 cm³/mol. The molecule has 0 bridgehead atoms. The van der Waals surface area contributed by atoms with Crippen molar-refractivity contribution in [2.45, 2.75) is 17.4 Å². The summed E-state index contributed by atoms with van der Waals surface area (Å²) in [5, 5.41) is 2.61. The number of benzene rings is 2. The van der Waals surface area contributed by atoms with Gasteiger partial charge in [-0.3, -0.25) is 9.59 Å². The zero-order valence-corrected chi connectivity index (χ0v) is 15.1. The lowest BCUT2D eigenvalue weighted by Gasteiger charge is -2.10. The number of hydrogen-bond acceptors (Lipinski definition) is 5. The number of nitrogens with zero attached hydrogens (tertiary/aromatic N) is 1. The fourth-order valence-corrected chi connectivity index (χ4v) is 2.95. The Kier molecular flexibility index (Phi) is 5.56. The van der Waals surface area contributed by atoms with Crippen LogP contribution in [0.3, 0.4) is 0 Å². The minimum absolute atomic E-state index is 0.242. The van der Waals surface area contributed by atoms with Gasteiger partial charge in [-0.05, 0) is 55.5 Å². The van der Waals surface area contributed by atoms with Crippen molar-refractivity contribution in [1.29, 1.82) is 0 Å². The van der Waals surface area contributed by atoms with E-state index >= 15 is 0 Å². The molecule has 2 amide bonds. The number of carbonyl (C=O) groups excluding carboxylic acids is 2. The standard InChI is InChI=1S/C19H16FN3O3S/c1-11(18(25)23-15-8-4-13(5-9-15)17(21)24)27-19-22-10-16(26-19)12-2-6-14(20)7-3-12/h2-11H,1H3,(H2,21,24)(H,23,25). The lowest BCUT2D eigenvalue weighted by Crippen LogP contribution is -2.22. The van der Waals surface area contributed by atoms with Crippen LogP contribution in [0.1, 0.15) is 17.3 Å². The zero-order valence-electron chi connectivity index (χ0n) is 14.3. The number of rotatable bonds is 6. The van der Waals surface area contributed by atoms with E-state index in [0.29, 0.717) is 27.8 Å². The second kappa shape index (κ2) is 8.05. The first-order valence-corrected chi connectivity index (χ1v) is 8.89. The largest absolute Gasteiger partial charge is 0.431 e. The molecular formula is C19H16FN3O3S. The molecule has 2 aromatic carbocycles. The summed E-state index contributed by atoms with van der Waals surface area (Å²) in [7, 11) is 0. The molecule has 3 rings (SSSR count). The van der Waals surface area contributed by atoms with Gasteiger partial charge in [0.25, 0.3) is 5.22 Å². The van der Waals surface area contributed by atoms with E-state index in [0.717, 1.165) is 11.8 Å². The van der Waals surface area contributed by atoms with Crippen molar-refractivity contribution in [3.8, 4) is 11.3 Å². The van der Waals surface area contributed by atoms with E-state index in [2.05, 4.69) is 10.3 Å². The average molecular weight is 385 g/mol. The number of thioether (sulfide) groups is 1. The van der Waals surface area contributed by atoms with Crippen LogP contribution in [0.4, 0.5) is 10.1 Å². The molecule has 0 aliphatic heterocycles. The molecule has 3 aromatic rings. The van der Waals surface area contributed by atoms with Crippen LogP contribution < -0.4 is 11.1 Å². The highest BCUT2D eigenvalue weighted by atomic mass is 32.2. The highest BCUT2D eigenvalue weighted by Gasteiger charge is 2.18. The molecule has 1 unspecified atom stereocenters. The van der Waals surface area contributed by atoms with Crippen LogP contribution in [0, 0.1) is 5.82 Å². The molecule has 1 atom stereocenters. The number of carbonyl (C=O) groups is 2. The van der Waals surface area contributed by atoms with E-state index in [4.69, 9.17) is 10.2 Å². The van der Waals surface area contributed by atoms with E-state index in [1.807, 2.05) is 0 Å². The Balaban J connectivity index is 1.61. The van der Waals surface area contributed by atoms with Gasteiger partial charge in [0, 0.05) is 16.8 Å². The lowest BCUT2D eigenvalue weighted by molar-refractivity contribution is -0.115. The highest BCUT2D eigenvalue weighted by Crippen LogP contribution is 2.28. The Labute approximate surface area is 159 Å². The van der Waals surface area contributed by atoms with Crippen LogP contribution in [0.5, 0.6) is 0 Å². The van der Waals surface area contributed by atoms with Gasteiger partial charge >= 0.3 is 0 Å². The molecular weight excluding hydrogens is 369 g/mol. The van der Waals surface area contributed by atoms with E-state index in [-0.39, 0.29) is 11.7 Å². The van der Waals surface area contributed by atoms with E-state index < -0.39 is 11.2 Å². The number of aromatic nitrogens is 1. The van der Waals surface area contributed by atoms with E-state index in [9.17, 15) is 14.0 Å². The molecule has 1 heterocycles. The van der Waals surface area contributed by atoms with Crippen LogP contribution >= 0.6 is 11.8 Å². The number of amides is 2. The highest BCUT2D eigenvalue weighted by molar-refractivity contribution is 8.00. The topological polar surface area (TPSA) is 98.2 Å². The molecule has 0 saturated heterocycles. The molecule has 0 fully saturated rings. The molecule has 6 nitrogen and oxygen atoms in total. The van der Waals surface area contributed by atoms with Gasteiger partial charge in [0.05, 0.1) is 11.4 Å². The first-order valence-electron chi connectivity index (χ1n) is 8.01. The number of primary amides is 1. The van der Waals surface area contributed by atoms with Crippen LogP contribution in [0.2, 0.25) is 0 Å². The van der Waals surface area contributed by atoms with E-state index in [1.165, 1.54) is 18.3 Å². The number of nitrogens with one attached hydrogen (secondary N) is 1. The molecule has 0 aliphatic rings. The maximum Gasteiger partial charge on any atom is 0.256 e. The first-order chi connectivity index (χ1) is 12.9. The summed E-state index contributed by atoms with van der Waals surface area (Å²) in [6, 6.07) is 12.2. The van der Waals surface area contributed by atoms with Crippen molar-refractivity contribution in [1.82, 2.24) is 4.98 Å².